The van der Waals surface area contributed by atoms with E-state index in [0.717, 1.165) is 24.5 Å². The summed E-state index contributed by atoms with van der Waals surface area (Å²) < 4.78 is 0. The minimum Gasteiger partial charge on any atom is -0.373 e. The number of nitrogens with one attached hydrogen (secondary N) is 2. The summed E-state index contributed by atoms with van der Waals surface area (Å²) in [5.74, 6) is 0.955. The maximum atomic E-state index is 11.1. The molecule has 0 unspecified atom stereocenters. The molecular formula is C12H20N4O. The lowest BCUT2D eigenvalue weighted by atomic mass is 10.2. The molecule has 0 bridgehead atoms. The molecule has 0 atom stereocenters. The molecule has 0 saturated carbocycles. The van der Waals surface area contributed by atoms with Crippen molar-refractivity contribution in [2.75, 3.05) is 33.0 Å². The first-order valence-corrected chi connectivity index (χ1v) is 5.68. The predicted molar refractivity (Wildman–Crippen MR) is 68.8 cm³/mol. The molecule has 0 radical (unpaired) electrons. The average molecular weight is 236 g/mol. The van der Waals surface area contributed by atoms with Crippen molar-refractivity contribution in [3.8, 4) is 0 Å². The highest BCUT2D eigenvalue weighted by Crippen LogP contribution is 2.12. The zero-order valence-electron chi connectivity index (χ0n) is 10.7. The van der Waals surface area contributed by atoms with Gasteiger partial charge in [-0.3, -0.25) is 4.79 Å². The second kappa shape index (κ2) is 6.85. The average Bonchev–Trinajstić information content (AvgIpc) is 2.36. The van der Waals surface area contributed by atoms with Crippen molar-refractivity contribution < 1.29 is 4.79 Å². The highest BCUT2D eigenvalue weighted by molar-refractivity contribution is 5.75. The van der Waals surface area contributed by atoms with E-state index in [1.807, 2.05) is 26.2 Å². The van der Waals surface area contributed by atoms with E-state index >= 15 is 0 Å². The van der Waals surface area contributed by atoms with E-state index < -0.39 is 0 Å². The van der Waals surface area contributed by atoms with Crippen LogP contribution in [-0.2, 0) is 11.3 Å². The van der Waals surface area contributed by atoms with E-state index in [1.165, 1.54) is 0 Å². The Labute approximate surface area is 102 Å². The van der Waals surface area contributed by atoms with Gasteiger partial charge in [0, 0.05) is 45.4 Å². The third kappa shape index (κ3) is 4.40. The molecular weight excluding hydrogens is 216 g/mol. The Hall–Kier alpha value is -1.62. The molecule has 1 amide bonds. The van der Waals surface area contributed by atoms with Crippen molar-refractivity contribution in [3.63, 3.8) is 0 Å². The predicted octanol–water partition coefficient (Wildman–Crippen LogP) is 0.691. The van der Waals surface area contributed by atoms with Crippen molar-refractivity contribution in [2.45, 2.75) is 13.0 Å². The van der Waals surface area contributed by atoms with Crippen molar-refractivity contribution >= 4 is 11.7 Å². The number of carbonyl (C=O) groups is 1. The summed E-state index contributed by atoms with van der Waals surface area (Å²) in [6, 6.07) is 3.96. The van der Waals surface area contributed by atoms with E-state index in [-0.39, 0.29) is 5.91 Å². The Morgan fingerprint density at radius 3 is 2.88 bits per heavy atom. The first-order valence-electron chi connectivity index (χ1n) is 5.68. The van der Waals surface area contributed by atoms with Gasteiger partial charge in [0.25, 0.3) is 0 Å². The summed E-state index contributed by atoms with van der Waals surface area (Å²) in [6.45, 7) is 1.51. The Kier molecular flexibility index (Phi) is 5.42. The van der Waals surface area contributed by atoms with E-state index in [0.29, 0.717) is 6.42 Å². The molecule has 5 nitrogen and oxygen atoms in total. The van der Waals surface area contributed by atoms with Crippen LogP contribution in [0.4, 0.5) is 5.82 Å². The third-order valence-electron chi connectivity index (χ3n) is 2.57. The van der Waals surface area contributed by atoms with Crippen LogP contribution in [0.15, 0.2) is 18.3 Å². The van der Waals surface area contributed by atoms with Crippen LogP contribution in [0.3, 0.4) is 0 Å². The van der Waals surface area contributed by atoms with Crippen molar-refractivity contribution in [1.82, 2.24) is 15.2 Å². The van der Waals surface area contributed by atoms with Crippen LogP contribution in [0.1, 0.15) is 12.0 Å². The minimum atomic E-state index is 0.0666. The van der Waals surface area contributed by atoms with Gasteiger partial charge in [0.1, 0.15) is 5.82 Å². The zero-order valence-corrected chi connectivity index (χ0v) is 10.7. The molecule has 1 rings (SSSR count). The first-order chi connectivity index (χ1) is 8.17. The molecule has 0 aliphatic heterocycles. The monoisotopic (exact) mass is 236 g/mol. The van der Waals surface area contributed by atoms with Crippen molar-refractivity contribution in [2.24, 2.45) is 0 Å². The number of anilines is 1. The molecule has 0 aliphatic rings. The van der Waals surface area contributed by atoms with Crippen LogP contribution in [-0.4, -0.2) is 43.5 Å². The van der Waals surface area contributed by atoms with Crippen molar-refractivity contribution in [3.05, 3.63) is 23.9 Å². The quantitative estimate of drug-likeness (QED) is 0.763. The molecule has 94 valence electrons. The van der Waals surface area contributed by atoms with Gasteiger partial charge in [-0.15, -0.1) is 0 Å². The van der Waals surface area contributed by atoms with Gasteiger partial charge in [-0.05, 0) is 13.1 Å². The fourth-order valence-corrected chi connectivity index (χ4v) is 1.58. The lowest BCUT2D eigenvalue weighted by Crippen LogP contribution is -2.26. The van der Waals surface area contributed by atoms with Gasteiger partial charge in [-0.2, -0.15) is 0 Å². The molecule has 0 fully saturated rings. The second-order valence-corrected chi connectivity index (χ2v) is 3.92. The molecule has 17 heavy (non-hydrogen) atoms. The maximum Gasteiger partial charge on any atom is 0.221 e. The van der Waals surface area contributed by atoms with Crippen LogP contribution in [0.2, 0.25) is 0 Å². The fraction of sp³-hybridized carbons (Fsp3) is 0.500. The topological polar surface area (TPSA) is 57.3 Å². The lowest BCUT2D eigenvalue weighted by molar-refractivity contribution is -0.120. The van der Waals surface area contributed by atoms with Gasteiger partial charge in [-0.25, -0.2) is 4.98 Å². The number of amides is 1. The molecule has 0 saturated heterocycles. The number of rotatable bonds is 6. The molecule has 0 spiro atoms. The fourth-order valence-electron chi connectivity index (χ4n) is 1.58. The largest absolute Gasteiger partial charge is 0.373 e. The van der Waals surface area contributed by atoms with Gasteiger partial charge in [0.15, 0.2) is 0 Å². The summed E-state index contributed by atoms with van der Waals surface area (Å²) >= 11 is 0. The molecule has 0 aliphatic carbocycles. The highest BCUT2D eigenvalue weighted by Gasteiger charge is 2.06. The minimum absolute atomic E-state index is 0.0666. The van der Waals surface area contributed by atoms with Crippen LogP contribution in [0.5, 0.6) is 0 Å². The van der Waals surface area contributed by atoms with Gasteiger partial charge in [-0.1, -0.05) is 6.07 Å². The van der Waals surface area contributed by atoms with E-state index in [1.54, 1.807) is 13.2 Å². The van der Waals surface area contributed by atoms with Crippen LogP contribution in [0.25, 0.3) is 0 Å². The molecule has 1 aromatic rings. The Balaban J connectivity index is 2.50. The normalized spacial score (nSPS) is 10.4. The SMILES string of the molecule is CNC(=O)CCN(C)Cc1cccnc1NC. The molecule has 2 N–H and O–H groups in total. The third-order valence-corrected chi connectivity index (χ3v) is 2.57. The van der Waals surface area contributed by atoms with E-state index in [9.17, 15) is 4.79 Å². The summed E-state index contributed by atoms with van der Waals surface area (Å²) in [5, 5.41) is 5.68. The number of aromatic nitrogens is 1. The number of hydrogen-bond acceptors (Lipinski definition) is 4. The smallest absolute Gasteiger partial charge is 0.221 e. The number of hydrogen-bond donors (Lipinski definition) is 2. The Morgan fingerprint density at radius 2 is 2.24 bits per heavy atom. The highest BCUT2D eigenvalue weighted by atomic mass is 16.1. The summed E-state index contributed by atoms with van der Waals surface area (Å²) in [4.78, 5) is 17.5. The molecule has 1 aromatic heterocycles. The lowest BCUT2D eigenvalue weighted by Gasteiger charge is -2.17. The van der Waals surface area contributed by atoms with E-state index in [4.69, 9.17) is 0 Å². The van der Waals surface area contributed by atoms with Gasteiger partial charge in [0.2, 0.25) is 5.91 Å². The molecule has 5 heteroatoms. The van der Waals surface area contributed by atoms with Gasteiger partial charge < -0.3 is 15.5 Å². The molecule has 0 aromatic carbocycles. The molecule has 1 heterocycles. The summed E-state index contributed by atoms with van der Waals surface area (Å²) in [5.41, 5.74) is 1.13. The Morgan fingerprint density at radius 1 is 1.47 bits per heavy atom. The number of nitrogens with zero attached hydrogens (tertiary/aromatic N) is 2. The standard InChI is InChI=1S/C12H20N4O/c1-13-11(17)6-8-16(3)9-10-5-4-7-15-12(10)14-2/h4-5,7H,6,8-9H2,1-3H3,(H,13,17)(H,14,15). The van der Waals surface area contributed by atoms with Gasteiger partial charge in [0.05, 0.1) is 0 Å². The first kappa shape index (κ1) is 13.4. The summed E-state index contributed by atoms with van der Waals surface area (Å²) in [7, 11) is 5.51. The zero-order chi connectivity index (χ0) is 12.7. The van der Waals surface area contributed by atoms with Crippen LogP contribution >= 0.6 is 0 Å². The second-order valence-electron chi connectivity index (χ2n) is 3.92. The van der Waals surface area contributed by atoms with Crippen LogP contribution in [0, 0.1) is 0 Å². The Bertz CT molecular complexity index is 367. The maximum absolute atomic E-state index is 11.1. The number of carbonyl (C=O) groups excluding carboxylic acids is 1. The number of pyridine rings is 1. The van der Waals surface area contributed by atoms with Crippen molar-refractivity contribution in [1.29, 1.82) is 0 Å². The van der Waals surface area contributed by atoms with E-state index in [2.05, 4.69) is 20.5 Å². The van der Waals surface area contributed by atoms with Crippen LogP contribution < -0.4 is 10.6 Å². The van der Waals surface area contributed by atoms with Gasteiger partial charge >= 0.3 is 0 Å². The summed E-state index contributed by atoms with van der Waals surface area (Å²) in [6.07, 6.45) is 2.28.